The Balaban J connectivity index is 1.73. The predicted molar refractivity (Wildman–Crippen MR) is 97.4 cm³/mol. The van der Waals surface area contributed by atoms with Crippen LogP contribution in [0.5, 0.6) is 0 Å². The summed E-state index contributed by atoms with van der Waals surface area (Å²) >= 11 is 6.11. The summed E-state index contributed by atoms with van der Waals surface area (Å²) < 4.78 is 7.18. The number of aromatic nitrogens is 2. The van der Waals surface area contributed by atoms with Crippen molar-refractivity contribution in [2.24, 2.45) is 0 Å². The van der Waals surface area contributed by atoms with Crippen LogP contribution < -0.4 is 0 Å². The molecule has 1 aliphatic rings. The normalized spacial score (nSPS) is 15.4. The fourth-order valence-electron chi connectivity index (χ4n) is 3.12. The van der Waals surface area contributed by atoms with Crippen LogP contribution in [-0.4, -0.2) is 44.9 Å². The SMILES string of the molecule is O=C(c1cc(-c2ccco2)n(-c2cccc(Cl)c2)n1)N1CCC(O)CC1. The third kappa shape index (κ3) is 3.25. The van der Waals surface area contributed by atoms with Crippen molar-refractivity contribution in [3.05, 3.63) is 59.4 Å². The molecule has 0 bridgehead atoms. The molecular formula is C19H18ClN3O3. The highest BCUT2D eigenvalue weighted by molar-refractivity contribution is 6.30. The number of carbonyl (C=O) groups excluding carboxylic acids is 1. The van der Waals surface area contributed by atoms with E-state index in [1.165, 1.54) is 0 Å². The van der Waals surface area contributed by atoms with E-state index in [4.69, 9.17) is 16.0 Å². The van der Waals surface area contributed by atoms with Gasteiger partial charge in [-0.25, -0.2) is 4.68 Å². The summed E-state index contributed by atoms with van der Waals surface area (Å²) in [6.07, 6.45) is 2.43. The Bertz CT molecular complexity index is 912. The molecule has 134 valence electrons. The number of piperidine rings is 1. The molecule has 2 aromatic heterocycles. The summed E-state index contributed by atoms with van der Waals surface area (Å²) in [7, 11) is 0. The van der Waals surface area contributed by atoms with E-state index in [1.807, 2.05) is 18.2 Å². The molecule has 1 saturated heterocycles. The number of amides is 1. The van der Waals surface area contributed by atoms with E-state index in [-0.39, 0.29) is 12.0 Å². The zero-order valence-electron chi connectivity index (χ0n) is 14.0. The number of aliphatic hydroxyl groups is 1. The molecular weight excluding hydrogens is 354 g/mol. The molecule has 4 rings (SSSR count). The maximum absolute atomic E-state index is 12.9. The lowest BCUT2D eigenvalue weighted by atomic mass is 10.1. The number of nitrogens with zero attached hydrogens (tertiary/aromatic N) is 3. The van der Waals surface area contributed by atoms with Gasteiger partial charge in [0.1, 0.15) is 5.69 Å². The number of carbonyl (C=O) groups is 1. The number of aliphatic hydroxyl groups excluding tert-OH is 1. The molecule has 26 heavy (non-hydrogen) atoms. The third-order valence-electron chi connectivity index (χ3n) is 4.51. The Hall–Kier alpha value is -2.57. The van der Waals surface area contributed by atoms with Crippen LogP contribution in [0.2, 0.25) is 5.02 Å². The van der Waals surface area contributed by atoms with Crippen molar-refractivity contribution >= 4 is 17.5 Å². The monoisotopic (exact) mass is 371 g/mol. The second-order valence-corrected chi connectivity index (χ2v) is 6.74. The molecule has 0 saturated carbocycles. The standard InChI is InChI=1S/C19H18ClN3O3/c20-13-3-1-4-14(11-13)23-17(18-5-2-10-26-18)12-16(21-23)19(25)22-8-6-15(24)7-9-22/h1-5,10-12,15,24H,6-9H2. The van der Waals surface area contributed by atoms with E-state index in [9.17, 15) is 9.90 Å². The van der Waals surface area contributed by atoms with E-state index in [1.54, 1.807) is 40.1 Å². The summed E-state index contributed by atoms with van der Waals surface area (Å²) in [5.74, 6) is 0.469. The number of benzene rings is 1. The first-order valence-corrected chi connectivity index (χ1v) is 8.87. The summed E-state index contributed by atoms with van der Waals surface area (Å²) in [6, 6.07) is 12.6. The summed E-state index contributed by atoms with van der Waals surface area (Å²) in [5.41, 5.74) is 1.77. The van der Waals surface area contributed by atoms with Gasteiger partial charge < -0.3 is 14.4 Å². The largest absolute Gasteiger partial charge is 0.463 e. The van der Waals surface area contributed by atoms with E-state index in [2.05, 4.69) is 5.10 Å². The molecule has 7 heteroatoms. The Morgan fingerprint density at radius 2 is 2.00 bits per heavy atom. The van der Waals surface area contributed by atoms with Crippen LogP contribution in [0.25, 0.3) is 17.1 Å². The number of halogens is 1. The number of furan rings is 1. The van der Waals surface area contributed by atoms with Gasteiger partial charge in [-0.05, 0) is 43.2 Å². The highest BCUT2D eigenvalue weighted by atomic mass is 35.5. The van der Waals surface area contributed by atoms with E-state index in [0.717, 1.165) is 5.69 Å². The quantitative estimate of drug-likeness (QED) is 0.766. The highest BCUT2D eigenvalue weighted by Crippen LogP contribution is 2.26. The third-order valence-corrected chi connectivity index (χ3v) is 4.74. The minimum atomic E-state index is -0.332. The topological polar surface area (TPSA) is 71.5 Å². The Morgan fingerprint density at radius 1 is 1.19 bits per heavy atom. The van der Waals surface area contributed by atoms with Crippen LogP contribution in [-0.2, 0) is 0 Å². The molecule has 1 aromatic carbocycles. The van der Waals surface area contributed by atoms with Gasteiger partial charge in [0.2, 0.25) is 0 Å². The van der Waals surface area contributed by atoms with Crippen LogP contribution in [0.3, 0.4) is 0 Å². The summed E-state index contributed by atoms with van der Waals surface area (Å²) in [5, 5.41) is 14.7. The minimum Gasteiger partial charge on any atom is -0.463 e. The van der Waals surface area contributed by atoms with Crippen LogP contribution in [0.15, 0.2) is 53.1 Å². The van der Waals surface area contributed by atoms with Gasteiger partial charge in [0.15, 0.2) is 11.5 Å². The van der Waals surface area contributed by atoms with Crippen LogP contribution in [0.4, 0.5) is 0 Å². The van der Waals surface area contributed by atoms with Gasteiger partial charge >= 0.3 is 0 Å². The Kier molecular flexibility index (Phi) is 4.53. The first-order valence-electron chi connectivity index (χ1n) is 8.49. The van der Waals surface area contributed by atoms with Crippen molar-refractivity contribution in [1.29, 1.82) is 0 Å². The van der Waals surface area contributed by atoms with E-state index >= 15 is 0 Å². The van der Waals surface area contributed by atoms with Gasteiger partial charge in [-0.3, -0.25) is 4.79 Å². The molecule has 1 N–H and O–H groups in total. The number of likely N-dealkylation sites (tertiary alicyclic amines) is 1. The maximum atomic E-state index is 12.9. The molecule has 0 spiro atoms. The molecule has 0 radical (unpaired) electrons. The molecule has 6 nitrogen and oxygen atoms in total. The van der Waals surface area contributed by atoms with Gasteiger partial charge in [-0.2, -0.15) is 5.10 Å². The van der Waals surface area contributed by atoms with Crippen molar-refractivity contribution in [3.8, 4) is 17.1 Å². The number of hydrogen-bond donors (Lipinski definition) is 1. The van der Waals surface area contributed by atoms with Crippen molar-refractivity contribution < 1.29 is 14.3 Å². The minimum absolute atomic E-state index is 0.148. The van der Waals surface area contributed by atoms with Crippen molar-refractivity contribution in [2.45, 2.75) is 18.9 Å². The first kappa shape index (κ1) is 16.9. The number of hydrogen-bond acceptors (Lipinski definition) is 4. The summed E-state index contributed by atoms with van der Waals surface area (Å²) in [6.45, 7) is 1.06. The molecule has 3 heterocycles. The lowest BCUT2D eigenvalue weighted by molar-refractivity contribution is 0.0541. The molecule has 1 fully saturated rings. The van der Waals surface area contributed by atoms with Gasteiger partial charge in [0.25, 0.3) is 5.91 Å². The average Bonchev–Trinajstić information content (AvgIpc) is 3.31. The zero-order chi connectivity index (χ0) is 18.1. The fraction of sp³-hybridized carbons (Fsp3) is 0.263. The maximum Gasteiger partial charge on any atom is 0.274 e. The highest BCUT2D eigenvalue weighted by Gasteiger charge is 2.26. The fourth-order valence-corrected chi connectivity index (χ4v) is 3.31. The zero-order valence-corrected chi connectivity index (χ0v) is 14.8. The number of rotatable bonds is 3. The Morgan fingerprint density at radius 3 is 2.69 bits per heavy atom. The predicted octanol–water partition coefficient (Wildman–Crippen LogP) is 3.38. The van der Waals surface area contributed by atoms with Crippen LogP contribution in [0.1, 0.15) is 23.3 Å². The first-order chi connectivity index (χ1) is 12.6. The average molecular weight is 372 g/mol. The Labute approximate surface area is 155 Å². The van der Waals surface area contributed by atoms with Crippen LogP contribution >= 0.6 is 11.6 Å². The lowest BCUT2D eigenvalue weighted by Crippen LogP contribution is -2.40. The molecule has 3 aromatic rings. The van der Waals surface area contributed by atoms with E-state index < -0.39 is 0 Å². The van der Waals surface area contributed by atoms with Crippen LogP contribution in [0, 0.1) is 0 Å². The lowest BCUT2D eigenvalue weighted by Gasteiger charge is -2.28. The smallest absolute Gasteiger partial charge is 0.274 e. The van der Waals surface area contributed by atoms with Crippen molar-refractivity contribution in [1.82, 2.24) is 14.7 Å². The molecule has 1 aliphatic heterocycles. The van der Waals surface area contributed by atoms with Crippen molar-refractivity contribution in [2.75, 3.05) is 13.1 Å². The van der Waals surface area contributed by atoms with E-state index in [0.29, 0.717) is 48.1 Å². The summed E-state index contributed by atoms with van der Waals surface area (Å²) in [4.78, 5) is 14.6. The molecule has 1 amide bonds. The second kappa shape index (κ2) is 6.97. The molecule has 0 aliphatic carbocycles. The van der Waals surface area contributed by atoms with Gasteiger partial charge in [0, 0.05) is 24.2 Å². The van der Waals surface area contributed by atoms with Crippen molar-refractivity contribution in [3.63, 3.8) is 0 Å². The van der Waals surface area contributed by atoms with Gasteiger partial charge in [-0.1, -0.05) is 17.7 Å². The molecule has 0 atom stereocenters. The molecule has 0 unspecified atom stereocenters. The van der Waals surface area contributed by atoms with Gasteiger partial charge in [0.05, 0.1) is 18.1 Å². The van der Waals surface area contributed by atoms with Gasteiger partial charge in [-0.15, -0.1) is 0 Å². The second-order valence-electron chi connectivity index (χ2n) is 6.31.